The van der Waals surface area contributed by atoms with Crippen LogP contribution in [0.25, 0.3) is 0 Å². The molecule has 102 valence electrons. The van der Waals surface area contributed by atoms with Gasteiger partial charge < -0.3 is 9.84 Å². The van der Waals surface area contributed by atoms with Gasteiger partial charge in [0.15, 0.2) is 5.13 Å². The molecule has 1 aromatic rings. The topological polar surface area (TPSA) is 96.8 Å². The van der Waals surface area contributed by atoms with Crippen LogP contribution >= 0.6 is 11.3 Å². The molecule has 0 bridgehead atoms. The number of aliphatic hydroxyl groups excluding tert-OH is 1. The average Bonchev–Trinajstić information content (AvgIpc) is 2.95. The third kappa shape index (κ3) is 2.79. The molecule has 2 heterocycles. The quantitative estimate of drug-likeness (QED) is 0.474. The van der Waals surface area contributed by atoms with Crippen molar-refractivity contribution in [1.29, 1.82) is 0 Å². The molecular weight excluding hydrogens is 272 g/mol. The summed E-state index contributed by atoms with van der Waals surface area (Å²) in [6.07, 6.45) is -0.679. The molecule has 0 aliphatic carbocycles. The molecule has 7 nitrogen and oxygen atoms in total. The zero-order chi connectivity index (χ0) is 14.0. The van der Waals surface area contributed by atoms with Gasteiger partial charge in [-0.3, -0.25) is 14.5 Å². The Kier molecular flexibility index (Phi) is 3.91. The van der Waals surface area contributed by atoms with E-state index in [1.807, 2.05) is 0 Å². The average molecular weight is 284 g/mol. The number of β-amino-alcohol motifs (C(OH)–C–C–N with tert-alkyl or cyclic N) is 1. The summed E-state index contributed by atoms with van der Waals surface area (Å²) in [4.78, 5) is 39.7. The number of carbonyl (C=O) groups excluding carboxylic acids is 3. The number of nitrogens with zero attached hydrogens (tertiary/aromatic N) is 2. The van der Waals surface area contributed by atoms with Crippen LogP contribution in [0.1, 0.15) is 23.8 Å². The highest BCUT2D eigenvalue weighted by atomic mass is 32.1. The second-order valence-electron chi connectivity index (χ2n) is 3.93. The molecule has 2 rings (SSSR count). The molecule has 1 aliphatic heterocycles. The minimum Gasteiger partial charge on any atom is -0.460 e. The van der Waals surface area contributed by atoms with Gasteiger partial charge in [0.1, 0.15) is 5.69 Å². The maximum Gasteiger partial charge on any atom is 0.381 e. The van der Waals surface area contributed by atoms with E-state index in [-0.39, 0.29) is 31.2 Å². The van der Waals surface area contributed by atoms with E-state index in [4.69, 9.17) is 0 Å². The standard InChI is InChI=1S/C11H12N2O5S/c1-2-18-10(17)9(16)7-5-19-11(12-7)13-4-6(14)3-8(13)15/h5-6,14H,2-4H2,1H3. The zero-order valence-corrected chi connectivity index (χ0v) is 11.0. The van der Waals surface area contributed by atoms with Crippen molar-refractivity contribution >= 4 is 34.1 Å². The Morgan fingerprint density at radius 3 is 2.95 bits per heavy atom. The highest BCUT2D eigenvalue weighted by molar-refractivity contribution is 7.14. The lowest BCUT2D eigenvalue weighted by Crippen LogP contribution is -2.25. The van der Waals surface area contributed by atoms with Crippen molar-refractivity contribution < 1.29 is 24.2 Å². The molecule has 1 unspecified atom stereocenters. The Bertz CT molecular complexity index is 527. The molecule has 1 aromatic heterocycles. The molecule has 1 saturated heterocycles. The van der Waals surface area contributed by atoms with E-state index in [0.717, 1.165) is 11.3 Å². The Labute approximate surface area is 112 Å². The molecule has 1 amide bonds. The lowest BCUT2D eigenvalue weighted by atomic mass is 10.3. The second-order valence-corrected chi connectivity index (χ2v) is 4.76. The predicted octanol–water partition coefficient (Wildman–Crippen LogP) is -0.0135. The van der Waals surface area contributed by atoms with Crippen molar-refractivity contribution in [1.82, 2.24) is 4.98 Å². The van der Waals surface area contributed by atoms with E-state index >= 15 is 0 Å². The Morgan fingerprint density at radius 1 is 1.63 bits per heavy atom. The normalized spacial score (nSPS) is 18.7. The van der Waals surface area contributed by atoms with Crippen molar-refractivity contribution in [2.75, 3.05) is 18.1 Å². The van der Waals surface area contributed by atoms with Gasteiger partial charge in [0.25, 0.3) is 5.78 Å². The van der Waals surface area contributed by atoms with Crippen molar-refractivity contribution in [3.05, 3.63) is 11.1 Å². The first-order chi connectivity index (χ1) is 9.02. The van der Waals surface area contributed by atoms with Crippen molar-refractivity contribution in [3.63, 3.8) is 0 Å². The predicted molar refractivity (Wildman–Crippen MR) is 66.1 cm³/mol. The van der Waals surface area contributed by atoms with Gasteiger partial charge in [0, 0.05) is 5.38 Å². The van der Waals surface area contributed by atoms with Gasteiger partial charge in [-0.15, -0.1) is 11.3 Å². The summed E-state index contributed by atoms with van der Waals surface area (Å²) in [6, 6.07) is 0. The van der Waals surface area contributed by atoms with E-state index in [0.29, 0.717) is 5.13 Å². The third-order valence-electron chi connectivity index (χ3n) is 2.52. The molecule has 0 radical (unpaired) electrons. The molecule has 1 fully saturated rings. The van der Waals surface area contributed by atoms with Crippen LogP contribution in [-0.4, -0.2) is 47.0 Å². The Morgan fingerprint density at radius 2 is 2.37 bits per heavy atom. The number of ether oxygens (including phenoxy) is 1. The van der Waals surface area contributed by atoms with Crippen LogP contribution in [0.15, 0.2) is 5.38 Å². The summed E-state index contributed by atoms with van der Waals surface area (Å²) in [5.74, 6) is -2.05. The van der Waals surface area contributed by atoms with Crippen LogP contribution in [0.5, 0.6) is 0 Å². The first-order valence-electron chi connectivity index (χ1n) is 5.68. The number of hydrogen-bond acceptors (Lipinski definition) is 7. The highest BCUT2D eigenvalue weighted by Gasteiger charge is 2.32. The monoisotopic (exact) mass is 284 g/mol. The number of Topliss-reactive ketones (excluding diaryl/α,β-unsaturated/α-hetero) is 1. The minimum absolute atomic E-state index is 0.0424. The largest absolute Gasteiger partial charge is 0.460 e. The number of ketones is 1. The number of aromatic nitrogens is 1. The van der Waals surface area contributed by atoms with Gasteiger partial charge in [0.05, 0.1) is 25.7 Å². The first-order valence-corrected chi connectivity index (χ1v) is 6.56. The van der Waals surface area contributed by atoms with E-state index in [1.54, 1.807) is 6.92 Å². The van der Waals surface area contributed by atoms with Crippen LogP contribution in [-0.2, 0) is 14.3 Å². The maximum absolute atomic E-state index is 11.6. The van der Waals surface area contributed by atoms with Gasteiger partial charge in [0.2, 0.25) is 5.91 Å². The summed E-state index contributed by atoms with van der Waals surface area (Å²) in [5.41, 5.74) is -0.0485. The highest BCUT2D eigenvalue weighted by Crippen LogP contribution is 2.25. The molecule has 19 heavy (non-hydrogen) atoms. The molecule has 1 N–H and O–H groups in total. The zero-order valence-electron chi connectivity index (χ0n) is 10.2. The number of rotatable bonds is 4. The summed E-state index contributed by atoms with van der Waals surface area (Å²) in [7, 11) is 0. The van der Waals surface area contributed by atoms with Crippen LogP contribution in [0.3, 0.4) is 0 Å². The molecule has 1 atom stereocenters. The lowest BCUT2D eigenvalue weighted by molar-refractivity contribution is -0.137. The fraction of sp³-hybridized carbons (Fsp3) is 0.455. The van der Waals surface area contributed by atoms with E-state index in [2.05, 4.69) is 9.72 Å². The third-order valence-corrected chi connectivity index (χ3v) is 3.38. The van der Waals surface area contributed by atoms with Crippen molar-refractivity contribution in [2.24, 2.45) is 0 Å². The first kappa shape index (κ1) is 13.6. The SMILES string of the molecule is CCOC(=O)C(=O)c1csc(N2CC(O)CC2=O)n1. The molecule has 8 heteroatoms. The minimum atomic E-state index is -0.966. The van der Waals surface area contributed by atoms with E-state index < -0.39 is 17.9 Å². The van der Waals surface area contributed by atoms with Crippen LogP contribution < -0.4 is 4.90 Å². The van der Waals surface area contributed by atoms with E-state index in [1.165, 1.54) is 10.3 Å². The van der Waals surface area contributed by atoms with Crippen LogP contribution in [0.4, 0.5) is 5.13 Å². The van der Waals surface area contributed by atoms with Gasteiger partial charge in [-0.2, -0.15) is 0 Å². The fourth-order valence-electron chi connectivity index (χ4n) is 1.67. The Hall–Kier alpha value is -1.80. The van der Waals surface area contributed by atoms with Gasteiger partial charge >= 0.3 is 5.97 Å². The molecule has 1 aliphatic rings. The smallest absolute Gasteiger partial charge is 0.381 e. The van der Waals surface area contributed by atoms with Gasteiger partial charge in [-0.25, -0.2) is 9.78 Å². The molecular formula is C11H12N2O5S. The molecule has 0 saturated carbocycles. The summed E-state index contributed by atoms with van der Waals surface area (Å²) in [5, 5.41) is 11.1. The summed E-state index contributed by atoms with van der Waals surface area (Å²) >= 11 is 1.07. The number of thiazole rings is 1. The van der Waals surface area contributed by atoms with Crippen molar-refractivity contribution in [3.8, 4) is 0 Å². The maximum atomic E-state index is 11.6. The van der Waals surface area contributed by atoms with Crippen LogP contribution in [0.2, 0.25) is 0 Å². The van der Waals surface area contributed by atoms with Gasteiger partial charge in [-0.05, 0) is 6.92 Å². The molecule has 0 spiro atoms. The number of hydrogen-bond donors (Lipinski definition) is 1. The lowest BCUT2D eigenvalue weighted by Gasteiger charge is -2.10. The number of esters is 1. The second kappa shape index (κ2) is 5.45. The fourth-order valence-corrected chi connectivity index (χ4v) is 2.50. The number of amides is 1. The summed E-state index contributed by atoms with van der Waals surface area (Å²) in [6.45, 7) is 1.86. The van der Waals surface area contributed by atoms with Gasteiger partial charge in [-0.1, -0.05) is 0 Å². The number of aliphatic hydroxyl groups is 1. The van der Waals surface area contributed by atoms with Crippen molar-refractivity contribution in [2.45, 2.75) is 19.4 Å². The van der Waals surface area contributed by atoms with E-state index in [9.17, 15) is 19.5 Å². The Balaban J connectivity index is 2.13. The molecule has 0 aromatic carbocycles. The van der Waals surface area contributed by atoms with Crippen LogP contribution in [0, 0.1) is 0 Å². The number of anilines is 1. The number of carbonyl (C=O) groups is 3. The summed E-state index contributed by atoms with van der Waals surface area (Å²) < 4.78 is 4.59.